The number of nitrogens with zero attached hydrogens (tertiary/aromatic N) is 1. The maximum atomic E-state index is 13.3. The van der Waals surface area contributed by atoms with Gasteiger partial charge in [-0.05, 0) is 43.4 Å². The van der Waals surface area contributed by atoms with E-state index in [0.29, 0.717) is 18.4 Å². The molecule has 1 aromatic rings. The van der Waals surface area contributed by atoms with Gasteiger partial charge < -0.3 is 4.90 Å². The number of rotatable bonds is 3. The summed E-state index contributed by atoms with van der Waals surface area (Å²) in [6, 6.07) is 2.44. The highest BCUT2D eigenvalue weighted by Gasteiger charge is 2.45. The second-order valence-electron chi connectivity index (χ2n) is 5.39. The van der Waals surface area contributed by atoms with Crippen molar-refractivity contribution in [2.45, 2.75) is 44.3 Å². The van der Waals surface area contributed by atoms with Crippen molar-refractivity contribution in [3.63, 3.8) is 0 Å². The van der Waals surface area contributed by atoms with Gasteiger partial charge in [-0.3, -0.25) is 4.79 Å². The number of aryl methyl sites for hydroxylation is 1. The largest absolute Gasteiger partial charge is 0.408 e. The SMILES string of the molecule is O=C(CCc1ccc(Cl)c(F)c1)N1CCCCC1C(F)(F)F. The first kappa shape index (κ1) is 17.1. The summed E-state index contributed by atoms with van der Waals surface area (Å²) in [4.78, 5) is 13.0. The van der Waals surface area contributed by atoms with Crippen molar-refractivity contribution >= 4 is 17.5 Å². The molecule has 0 saturated carbocycles. The lowest BCUT2D eigenvalue weighted by molar-refractivity contribution is -0.195. The molecule has 1 aliphatic rings. The van der Waals surface area contributed by atoms with Gasteiger partial charge in [0, 0.05) is 13.0 Å². The average molecular weight is 338 g/mol. The van der Waals surface area contributed by atoms with Gasteiger partial charge in [0.05, 0.1) is 5.02 Å². The second kappa shape index (κ2) is 6.86. The minimum Gasteiger partial charge on any atom is -0.331 e. The summed E-state index contributed by atoms with van der Waals surface area (Å²) in [7, 11) is 0. The van der Waals surface area contributed by atoms with Gasteiger partial charge in [-0.15, -0.1) is 0 Å². The van der Waals surface area contributed by atoms with E-state index in [9.17, 15) is 22.4 Å². The average Bonchev–Trinajstić information content (AvgIpc) is 2.47. The molecule has 2 rings (SSSR count). The molecule has 0 spiro atoms. The molecule has 1 aliphatic heterocycles. The zero-order chi connectivity index (χ0) is 16.3. The Bertz CT molecular complexity index is 547. The molecule has 1 fully saturated rings. The number of hydrogen-bond acceptors (Lipinski definition) is 1. The molecule has 22 heavy (non-hydrogen) atoms. The van der Waals surface area contributed by atoms with Gasteiger partial charge in [-0.2, -0.15) is 13.2 Å². The van der Waals surface area contributed by atoms with Crippen LogP contribution in [0.3, 0.4) is 0 Å². The van der Waals surface area contributed by atoms with E-state index in [-0.39, 0.29) is 30.8 Å². The van der Waals surface area contributed by atoms with Gasteiger partial charge >= 0.3 is 6.18 Å². The van der Waals surface area contributed by atoms with Gasteiger partial charge in [0.2, 0.25) is 5.91 Å². The molecule has 0 N–H and O–H groups in total. The molecule has 1 atom stereocenters. The highest BCUT2D eigenvalue weighted by Crippen LogP contribution is 2.32. The highest BCUT2D eigenvalue weighted by molar-refractivity contribution is 6.30. The molecule has 1 amide bonds. The number of hydrogen-bond donors (Lipinski definition) is 0. The number of alkyl halides is 3. The van der Waals surface area contributed by atoms with Crippen LogP contribution in [0.1, 0.15) is 31.2 Å². The summed E-state index contributed by atoms with van der Waals surface area (Å²) < 4.78 is 52.2. The van der Waals surface area contributed by atoms with Crippen LogP contribution in [0.4, 0.5) is 17.6 Å². The van der Waals surface area contributed by atoms with Crippen molar-refractivity contribution in [2.75, 3.05) is 6.54 Å². The number of benzene rings is 1. The predicted octanol–water partition coefficient (Wildman–Crippen LogP) is 4.36. The standard InChI is InChI=1S/C15H16ClF4NO/c16-11-6-4-10(9-12(11)17)5-7-14(22)21-8-2-1-3-13(21)15(18,19)20/h4,6,9,13H,1-3,5,7-8H2. The number of carbonyl (C=O) groups is 1. The minimum absolute atomic E-state index is 0.0248. The van der Waals surface area contributed by atoms with Crippen LogP contribution >= 0.6 is 11.6 Å². The maximum Gasteiger partial charge on any atom is 0.408 e. The quantitative estimate of drug-likeness (QED) is 0.751. The Hall–Kier alpha value is -1.30. The van der Waals surface area contributed by atoms with Crippen LogP contribution in [-0.4, -0.2) is 29.6 Å². The summed E-state index contributed by atoms with van der Waals surface area (Å²) in [6.07, 6.45) is -3.29. The fourth-order valence-electron chi connectivity index (χ4n) is 2.66. The van der Waals surface area contributed by atoms with Crippen LogP contribution in [0, 0.1) is 5.82 Å². The lowest BCUT2D eigenvalue weighted by atomic mass is 10.0. The molecule has 0 radical (unpaired) electrons. The molecule has 0 aliphatic carbocycles. The summed E-state index contributed by atoms with van der Waals surface area (Å²) in [5.74, 6) is -1.14. The molecular weight excluding hydrogens is 322 g/mol. The monoisotopic (exact) mass is 337 g/mol. The molecule has 1 aromatic carbocycles. The van der Waals surface area contributed by atoms with Crippen molar-refractivity contribution in [2.24, 2.45) is 0 Å². The van der Waals surface area contributed by atoms with Gasteiger partial charge in [0.25, 0.3) is 0 Å². The van der Waals surface area contributed by atoms with Crippen LogP contribution in [0.15, 0.2) is 18.2 Å². The van der Waals surface area contributed by atoms with Crippen LogP contribution in [0.5, 0.6) is 0 Å². The van der Waals surface area contributed by atoms with Crippen molar-refractivity contribution in [1.82, 2.24) is 4.90 Å². The molecule has 1 heterocycles. The Balaban J connectivity index is 1.99. The first-order valence-corrected chi connectivity index (χ1v) is 7.47. The highest BCUT2D eigenvalue weighted by atomic mass is 35.5. The predicted molar refractivity (Wildman–Crippen MR) is 75.1 cm³/mol. The summed E-state index contributed by atoms with van der Waals surface area (Å²) >= 11 is 5.56. The molecule has 0 bridgehead atoms. The van der Waals surface area contributed by atoms with Crippen molar-refractivity contribution in [3.05, 3.63) is 34.6 Å². The molecule has 2 nitrogen and oxygen atoms in total. The first-order chi connectivity index (χ1) is 10.3. The summed E-state index contributed by atoms with van der Waals surface area (Å²) in [6.45, 7) is 0.123. The Kier molecular flexibility index (Phi) is 5.32. The van der Waals surface area contributed by atoms with E-state index < -0.39 is 23.9 Å². The van der Waals surface area contributed by atoms with Crippen LogP contribution in [-0.2, 0) is 11.2 Å². The lowest BCUT2D eigenvalue weighted by Crippen LogP contribution is -2.51. The molecule has 0 aromatic heterocycles. The van der Waals surface area contributed by atoms with Crippen LogP contribution in [0.25, 0.3) is 0 Å². The Morgan fingerprint density at radius 2 is 2.05 bits per heavy atom. The van der Waals surface area contributed by atoms with Gasteiger partial charge in [-0.1, -0.05) is 17.7 Å². The van der Waals surface area contributed by atoms with E-state index in [4.69, 9.17) is 11.6 Å². The Morgan fingerprint density at radius 1 is 1.32 bits per heavy atom. The van der Waals surface area contributed by atoms with E-state index in [1.807, 2.05) is 0 Å². The topological polar surface area (TPSA) is 20.3 Å². The zero-order valence-electron chi connectivity index (χ0n) is 11.8. The summed E-state index contributed by atoms with van der Waals surface area (Å²) in [5.41, 5.74) is 0.538. The Labute approximate surface area is 131 Å². The Morgan fingerprint density at radius 3 is 2.68 bits per heavy atom. The first-order valence-electron chi connectivity index (χ1n) is 7.09. The van der Waals surface area contributed by atoms with E-state index in [1.54, 1.807) is 6.07 Å². The van der Waals surface area contributed by atoms with Crippen molar-refractivity contribution in [3.8, 4) is 0 Å². The fraction of sp³-hybridized carbons (Fsp3) is 0.533. The van der Waals surface area contributed by atoms with Crippen LogP contribution < -0.4 is 0 Å². The number of amides is 1. The number of likely N-dealkylation sites (tertiary alicyclic amines) is 1. The normalized spacial score (nSPS) is 19.3. The van der Waals surface area contributed by atoms with Crippen molar-refractivity contribution in [1.29, 1.82) is 0 Å². The fourth-order valence-corrected chi connectivity index (χ4v) is 2.78. The molecule has 122 valence electrons. The van der Waals surface area contributed by atoms with Crippen molar-refractivity contribution < 1.29 is 22.4 Å². The molecule has 7 heteroatoms. The van der Waals surface area contributed by atoms with Gasteiger partial charge in [0.15, 0.2) is 0 Å². The second-order valence-corrected chi connectivity index (χ2v) is 5.80. The summed E-state index contributed by atoms with van der Waals surface area (Å²) in [5, 5.41) is -0.0248. The third-order valence-electron chi connectivity index (χ3n) is 3.81. The third-order valence-corrected chi connectivity index (χ3v) is 4.12. The van der Waals surface area contributed by atoms with Gasteiger partial charge in [0.1, 0.15) is 11.9 Å². The smallest absolute Gasteiger partial charge is 0.331 e. The third kappa shape index (κ3) is 4.12. The van der Waals surface area contributed by atoms with E-state index in [2.05, 4.69) is 0 Å². The minimum atomic E-state index is -4.40. The van der Waals surface area contributed by atoms with E-state index >= 15 is 0 Å². The molecule has 1 unspecified atom stereocenters. The number of halogens is 5. The van der Waals surface area contributed by atoms with E-state index in [0.717, 1.165) is 4.90 Å². The molecular formula is C15H16ClF4NO. The number of piperidine rings is 1. The maximum absolute atomic E-state index is 13.3. The van der Waals surface area contributed by atoms with Gasteiger partial charge in [-0.25, -0.2) is 4.39 Å². The van der Waals surface area contributed by atoms with Crippen LogP contribution in [0.2, 0.25) is 5.02 Å². The molecule has 1 saturated heterocycles. The number of carbonyl (C=O) groups excluding carboxylic acids is 1. The van der Waals surface area contributed by atoms with E-state index in [1.165, 1.54) is 12.1 Å². The zero-order valence-corrected chi connectivity index (χ0v) is 12.6. The lowest BCUT2D eigenvalue weighted by Gasteiger charge is -2.36.